The Morgan fingerprint density at radius 1 is 1.33 bits per heavy atom. The molecule has 30 heavy (non-hydrogen) atoms. The highest BCUT2D eigenvalue weighted by molar-refractivity contribution is 7.14. The zero-order chi connectivity index (χ0) is 21.0. The van der Waals surface area contributed by atoms with Gasteiger partial charge in [0.25, 0.3) is 5.91 Å². The number of aromatic nitrogens is 5. The van der Waals surface area contributed by atoms with Crippen molar-refractivity contribution in [3.8, 4) is 0 Å². The number of rotatable bonds is 6. The maximum atomic E-state index is 12.8. The van der Waals surface area contributed by atoms with Crippen LogP contribution < -0.4 is 10.6 Å². The number of carboxylic acid groups (broad SMARTS) is 1. The Hall–Kier alpha value is -3.47. The van der Waals surface area contributed by atoms with Gasteiger partial charge >= 0.3 is 5.97 Å². The Labute approximate surface area is 174 Å². The van der Waals surface area contributed by atoms with Crippen molar-refractivity contribution in [1.29, 1.82) is 0 Å². The van der Waals surface area contributed by atoms with Gasteiger partial charge in [-0.2, -0.15) is 0 Å². The van der Waals surface area contributed by atoms with Crippen LogP contribution >= 0.6 is 11.3 Å². The number of aromatic carboxylic acids is 1. The molecule has 1 fully saturated rings. The number of hydrogen-bond acceptors (Lipinski definition) is 7. The highest BCUT2D eigenvalue weighted by Gasteiger charge is 2.27. The van der Waals surface area contributed by atoms with Gasteiger partial charge in [-0.15, -0.1) is 11.3 Å². The molecule has 3 N–H and O–H groups in total. The first-order chi connectivity index (χ1) is 14.5. The molecule has 4 aromatic rings. The van der Waals surface area contributed by atoms with Gasteiger partial charge in [-0.3, -0.25) is 4.79 Å². The van der Waals surface area contributed by atoms with Gasteiger partial charge < -0.3 is 24.9 Å². The zero-order valence-electron chi connectivity index (χ0n) is 16.3. The molecule has 0 aromatic carbocycles. The van der Waals surface area contributed by atoms with Crippen LogP contribution in [0.2, 0.25) is 0 Å². The number of nitrogens with one attached hydrogen (secondary N) is 2. The third-order valence-corrected chi connectivity index (χ3v) is 5.87. The van der Waals surface area contributed by atoms with Crippen LogP contribution in [0.3, 0.4) is 0 Å². The first kappa shape index (κ1) is 18.6. The van der Waals surface area contributed by atoms with Crippen LogP contribution in [0.25, 0.3) is 22.1 Å². The van der Waals surface area contributed by atoms with E-state index in [-0.39, 0.29) is 17.6 Å². The number of hydrogen-bond donors (Lipinski definition) is 3. The fraction of sp³-hybridized carbons (Fsp3) is 0.316. The number of carboxylic acids is 1. The van der Waals surface area contributed by atoms with Crippen LogP contribution in [0.4, 0.5) is 10.9 Å². The zero-order valence-corrected chi connectivity index (χ0v) is 17.2. The number of amides is 1. The molecule has 1 saturated carbocycles. The Morgan fingerprint density at radius 2 is 2.13 bits per heavy atom. The van der Waals surface area contributed by atoms with E-state index in [4.69, 9.17) is 10.1 Å². The molecule has 0 spiro atoms. The number of imidazole rings is 1. The van der Waals surface area contributed by atoms with Gasteiger partial charge in [0, 0.05) is 30.4 Å². The van der Waals surface area contributed by atoms with Crippen molar-refractivity contribution in [1.82, 2.24) is 29.4 Å². The fourth-order valence-electron chi connectivity index (χ4n) is 3.53. The molecular weight excluding hydrogens is 406 g/mol. The van der Waals surface area contributed by atoms with Crippen LogP contribution in [0.15, 0.2) is 17.8 Å². The maximum absolute atomic E-state index is 12.8. The number of carbonyl (C=O) groups is 2. The minimum Gasteiger partial charge on any atom is -0.476 e. The van der Waals surface area contributed by atoms with Crippen LogP contribution in [-0.2, 0) is 13.6 Å². The lowest BCUT2D eigenvalue weighted by molar-refractivity contribution is 0.0691. The van der Waals surface area contributed by atoms with E-state index in [1.54, 1.807) is 6.33 Å². The molecule has 10 nitrogen and oxygen atoms in total. The molecule has 0 bridgehead atoms. The number of carbonyl (C=O) groups excluding carboxylic acids is 1. The molecule has 154 valence electrons. The van der Waals surface area contributed by atoms with Crippen molar-refractivity contribution in [2.45, 2.75) is 32.4 Å². The molecule has 4 heterocycles. The summed E-state index contributed by atoms with van der Waals surface area (Å²) in [4.78, 5) is 37.2. The summed E-state index contributed by atoms with van der Waals surface area (Å²) >= 11 is 1.18. The third-order valence-electron chi connectivity index (χ3n) is 5.11. The van der Waals surface area contributed by atoms with Crippen molar-refractivity contribution in [3.63, 3.8) is 0 Å². The van der Waals surface area contributed by atoms with Crippen molar-refractivity contribution in [2.75, 3.05) is 5.32 Å². The molecule has 1 aliphatic carbocycles. The van der Waals surface area contributed by atoms with Crippen LogP contribution in [0, 0.1) is 0 Å². The Balaban J connectivity index is 1.66. The molecule has 4 aromatic heterocycles. The van der Waals surface area contributed by atoms with E-state index in [0.29, 0.717) is 34.4 Å². The standard InChI is InChI=1S/C19H19N7O3S/c1-3-26-12(17(27)21-9-4-5-9)6-10-14-13(20-8-25(14)2)15(23-16(10)26)24-19-22-11(7-30-19)18(28)29/h6-9H,3-5H2,1-2H3,(H,21,27)(H,28,29)(H,22,23,24). The predicted octanol–water partition coefficient (Wildman–Crippen LogP) is 2.73. The molecule has 11 heteroatoms. The Bertz CT molecular complexity index is 1310. The van der Waals surface area contributed by atoms with Crippen molar-refractivity contribution in [3.05, 3.63) is 29.2 Å². The quantitative estimate of drug-likeness (QED) is 0.433. The second-order valence-corrected chi connectivity index (χ2v) is 8.10. The van der Waals surface area contributed by atoms with E-state index < -0.39 is 5.97 Å². The summed E-state index contributed by atoms with van der Waals surface area (Å²) in [6.07, 6.45) is 3.72. The van der Waals surface area contributed by atoms with E-state index in [0.717, 1.165) is 23.7 Å². The average molecular weight is 425 g/mol. The lowest BCUT2D eigenvalue weighted by Crippen LogP contribution is -2.27. The summed E-state index contributed by atoms with van der Waals surface area (Å²) in [5.41, 5.74) is 2.66. The predicted molar refractivity (Wildman–Crippen MR) is 113 cm³/mol. The summed E-state index contributed by atoms with van der Waals surface area (Å²) < 4.78 is 3.77. The molecule has 0 atom stereocenters. The highest BCUT2D eigenvalue weighted by atomic mass is 32.1. The summed E-state index contributed by atoms with van der Waals surface area (Å²) in [5, 5.41) is 18.0. The van der Waals surface area contributed by atoms with Gasteiger partial charge in [0.15, 0.2) is 16.6 Å². The number of aryl methyl sites for hydroxylation is 2. The van der Waals surface area contributed by atoms with Gasteiger partial charge in [-0.1, -0.05) is 0 Å². The summed E-state index contributed by atoms with van der Waals surface area (Å²) in [7, 11) is 1.89. The molecule has 0 radical (unpaired) electrons. The lowest BCUT2D eigenvalue weighted by atomic mass is 10.2. The normalized spacial score (nSPS) is 13.8. The summed E-state index contributed by atoms with van der Waals surface area (Å²) in [5.74, 6) is -0.726. The molecule has 1 amide bonds. The van der Waals surface area contributed by atoms with E-state index in [1.807, 2.05) is 29.2 Å². The highest BCUT2D eigenvalue weighted by Crippen LogP contribution is 2.33. The molecule has 0 saturated heterocycles. The number of thiazole rings is 1. The van der Waals surface area contributed by atoms with E-state index in [2.05, 4.69) is 20.6 Å². The molecule has 0 unspecified atom stereocenters. The fourth-order valence-corrected chi connectivity index (χ4v) is 4.21. The van der Waals surface area contributed by atoms with Gasteiger partial charge in [0.1, 0.15) is 16.9 Å². The van der Waals surface area contributed by atoms with Crippen molar-refractivity contribution < 1.29 is 14.7 Å². The topological polar surface area (TPSA) is 127 Å². The van der Waals surface area contributed by atoms with Crippen molar-refractivity contribution >= 4 is 56.2 Å². The Kier molecular flexibility index (Phi) is 4.21. The molecule has 0 aliphatic heterocycles. The summed E-state index contributed by atoms with van der Waals surface area (Å²) in [6, 6.07) is 2.12. The first-order valence-electron chi connectivity index (χ1n) is 9.57. The Morgan fingerprint density at radius 3 is 2.80 bits per heavy atom. The second-order valence-electron chi connectivity index (χ2n) is 7.24. The number of anilines is 2. The summed E-state index contributed by atoms with van der Waals surface area (Å²) in [6.45, 7) is 2.54. The van der Waals surface area contributed by atoms with Crippen LogP contribution in [0.1, 0.15) is 40.7 Å². The van der Waals surface area contributed by atoms with Gasteiger partial charge in [0.05, 0.1) is 11.8 Å². The van der Waals surface area contributed by atoms with Crippen molar-refractivity contribution in [2.24, 2.45) is 7.05 Å². The molecule has 1 aliphatic rings. The monoisotopic (exact) mass is 425 g/mol. The molecular formula is C19H19N7O3S. The minimum absolute atomic E-state index is 0.0307. The largest absolute Gasteiger partial charge is 0.476 e. The number of pyridine rings is 1. The molecule has 5 rings (SSSR count). The number of nitrogens with zero attached hydrogens (tertiary/aromatic N) is 5. The lowest BCUT2D eigenvalue weighted by Gasteiger charge is -2.09. The third kappa shape index (κ3) is 2.98. The van der Waals surface area contributed by atoms with Gasteiger partial charge in [-0.25, -0.2) is 19.7 Å². The SMILES string of the molecule is CCn1c(C(=O)NC2CC2)cc2c3c(ncn3C)c(Nc3nc(C(=O)O)cs3)nc21. The first-order valence-corrected chi connectivity index (χ1v) is 10.4. The maximum Gasteiger partial charge on any atom is 0.355 e. The van der Waals surface area contributed by atoms with Crippen LogP contribution in [0.5, 0.6) is 0 Å². The van der Waals surface area contributed by atoms with Gasteiger partial charge in [-0.05, 0) is 25.8 Å². The second kappa shape index (κ2) is 6.80. The smallest absolute Gasteiger partial charge is 0.355 e. The minimum atomic E-state index is -1.09. The van der Waals surface area contributed by atoms with E-state index in [9.17, 15) is 9.59 Å². The average Bonchev–Trinajstić information content (AvgIpc) is 3.12. The van der Waals surface area contributed by atoms with E-state index >= 15 is 0 Å². The van der Waals surface area contributed by atoms with E-state index in [1.165, 1.54) is 16.7 Å². The van der Waals surface area contributed by atoms with Crippen LogP contribution in [-0.4, -0.2) is 47.1 Å². The number of fused-ring (bicyclic) bond motifs is 3. The van der Waals surface area contributed by atoms with Gasteiger partial charge in [0.2, 0.25) is 0 Å².